The lowest BCUT2D eigenvalue weighted by atomic mass is 9.97. The van der Waals surface area contributed by atoms with Gasteiger partial charge in [0.25, 0.3) is 0 Å². The first kappa shape index (κ1) is 13.8. The van der Waals surface area contributed by atoms with Crippen LogP contribution in [0.15, 0.2) is 0 Å². The average molecular weight is 247 g/mol. The van der Waals surface area contributed by atoms with Gasteiger partial charge < -0.3 is 10.6 Å². The highest BCUT2D eigenvalue weighted by Gasteiger charge is 2.35. The normalized spacial score (nSPS) is 34.6. The molecule has 3 unspecified atom stereocenters. The van der Waals surface area contributed by atoms with Crippen molar-refractivity contribution in [1.82, 2.24) is 4.90 Å². The Hall–Kier alpha value is -0.280. The van der Waals surface area contributed by atoms with Gasteiger partial charge in [-0.15, -0.1) is 12.4 Å². The monoisotopic (exact) mass is 246 g/mol. The van der Waals surface area contributed by atoms with Crippen LogP contribution in [0.2, 0.25) is 0 Å². The molecule has 1 aliphatic carbocycles. The number of likely N-dealkylation sites (tertiary alicyclic amines) is 1. The zero-order valence-corrected chi connectivity index (χ0v) is 10.8. The number of carbonyl (C=O) groups excluding carboxylic acids is 1. The fourth-order valence-corrected chi connectivity index (χ4v) is 2.93. The molecule has 1 heterocycles. The molecular weight excluding hydrogens is 224 g/mol. The molecule has 1 aliphatic heterocycles. The second kappa shape index (κ2) is 5.87. The van der Waals surface area contributed by atoms with Gasteiger partial charge in [-0.2, -0.15) is 0 Å². The summed E-state index contributed by atoms with van der Waals surface area (Å²) in [4.78, 5) is 14.3. The smallest absolute Gasteiger partial charge is 0.227 e. The second-order valence-corrected chi connectivity index (χ2v) is 5.08. The quantitative estimate of drug-likeness (QED) is 0.769. The Bertz CT molecular complexity index is 247. The molecule has 16 heavy (non-hydrogen) atoms. The van der Waals surface area contributed by atoms with E-state index in [1.165, 1.54) is 6.42 Å². The van der Waals surface area contributed by atoms with Crippen molar-refractivity contribution in [1.29, 1.82) is 0 Å². The summed E-state index contributed by atoms with van der Waals surface area (Å²) in [6, 6.07) is 0.547. The van der Waals surface area contributed by atoms with E-state index >= 15 is 0 Å². The zero-order valence-electron chi connectivity index (χ0n) is 10.0. The van der Waals surface area contributed by atoms with Crippen LogP contribution in [0.4, 0.5) is 0 Å². The van der Waals surface area contributed by atoms with Crippen molar-refractivity contribution in [3.05, 3.63) is 0 Å². The summed E-state index contributed by atoms with van der Waals surface area (Å²) in [5.41, 5.74) is 5.98. The number of nitrogens with zero attached hydrogens (tertiary/aromatic N) is 1. The highest BCUT2D eigenvalue weighted by molar-refractivity contribution is 5.85. The largest absolute Gasteiger partial charge is 0.340 e. The molecule has 0 spiro atoms. The minimum absolute atomic E-state index is 0. The van der Waals surface area contributed by atoms with E-state index in [1.54, 1.807) is 0 Å². The predicted octanol–water partition coefficient (Wildman–Crippen LogP) is 1.94. The highest BCUT2D eigenvalue weighted by atomic mass is 35.5. The number of piperidine rings is 1. The van der Waals surface area contributed by atoms with E-state index in [4.69, 9.17) is 5.73 Å². The summed E-state index contributed by atoms with van der Waals surface area (Å²) in [6.45, 7) is 3.11. The first-order chi connectivity index (χ1) is 7.20. The van der Waals surface area contributed by atoms with Crippen LogP contribution in [0.25, 0.3) is 0 Å². The van der Waals surface area contributed by atoms with Crippen molar-refractivity contribution in [2.24, 2.45) is 11.7 Å². The first-order valence-corrected chi connectivity index (χ1v) is 6.26. The van der Waals surface area contributed by atoms with Crippen LogP contribution in [0, 0.1) is 5.92 Å². The fraction of sp³-hybridized carbons (Fsp3) is 0.917. The van der Waals surface area contributed by atoms with E-state index in [0.29, 0.717) is 11.9 Å². The molecule has 1 saturated heterocycles. The van der Waals surface area contributed by atoms with Gasteiger partial charge in [0.2, 0.25) is 5.91 Å². The molecule has 0 aromatic heterocycles. The van der Waals surface area contributed by atoms with E-state index in [9.17, 15) is 4.79 Å². The predicted molar refractivity (Wildman–Crippen MR) is 67.6 cm³/mol. The van der Waals surface area contributed by atoms with Gasteiger partial charge in [0.15, 0.2) is 0 Å². The fourth-order valence-electron chi connectivity index (χ4n) is 2.93. The second-order valence-electron chi connectivity index (χ2n) is 5.08. The Balaban J connectivity index is 0.00000128. The maximum Gasteiger partial charge on any atom is 0.227 e. The number of halogens is 1. The number of hydrogen-bond acceptors (Lipinski definition) is 2. The van der Waals surface area contributed by atoms with Crippen molar-refractivity contribution in [2.75, 3.05) is 6.54 Å². The molecule has 3 atom stereocenters. The van der Waals surface area contributed by atoms with Gasteiger partial charge >= 0.3 is 0 Å². The Morgan fingerprint density at radius 2 is 1.94 bits per heavy atom. The van der Waals surface area contributed by atoms with E-state index in [-0.39, 0.29) is 24.4 Å². The van der Waals surface area contributed by atoms with Gasteiger partial charge in [0.1, 0.15) is 0 Å². The molecule has 0 aromatic carbocycles. The summed E-state index contributed by atoms with van der Waals surface area (Å²) < 4.78 is 0. The zero-order chi connectivity index (χ0) is 10.8. The summed E-state index contributed by atoms with van der Waals surface area (Å²) >= 11 is 0. The Kier molecular flexibility index (Phi) is 5.06. The SMILES string of the molecule is CC1CCCCN1C(=O)C1CCCC1N.Cl. The van der Waals surface area contributed by atoms with Crippen LogP contribution in [-0.4, -0.2) is 29.4 Å². The van der Waals surface area contributed by atoms with E-state index < -0.39 is 0 Å². The van der Waals surface area contributed by atoms with Crippen molar-refractivity contribution < 1.29 is 4.79 Å². The third kappa shape index (κ3) is 2.69. The van der Waals surface area contributed by atoms with Gasteiger partial charge in [-0.1, -0.05) is 6.42 Å². The van der Waals surface area contributed by atoms with Crippen LogP contribution < -0.4 is 5.73 Å². The molecular formula is C12H23ClN2O. The number of nitrogens with two attached hydrogens (primary N) is 1. The standard InChI is InChI=1S/C12H22N2O.ClH/c1-9-5-2-3-8-14(9)12(15)10-6-4-7-11(10)13;/h9-11H,2-8,13H2,1H3;1H. The third-order valence-corrected chi connectivity index (χ3v) is 3.97. The van der Waals surface area contributed by atoms with Crippen LogP contribution in [-0.2, 0) is 4.79 Å². The third-order valence-electron chi connectivity index (χ3n) is 3.97. The maximum absolute atomic E-state index is 12.3. The molecule has 0 bridgehead atoms. The van der Waals surface area contributed by atoms with Crippen LogP contribution >= 0.6 is 12.4 Å². The lowest BCUT2D eigenvalue weighted by molar-refractivity contribution is -0.139. The molecule has 94 valence electrons. The lowest BCUT2D eigenvalue weighted by Gasteiger charge is -2.36. The Morgan fingerprint density at radius 1 is 1.19 bits per heavy atom. The molecule has 2 fully saturated rings. The Labute approximate surface area is 104 Å². The van der Waals surface area contributed by atoms with Gasteiger partial charge in [0, 0.05) is 18.6 Å². The molecule has 1 saturated carbocycles. The minimum atomic E-state index is 0. The lowest BCUT2D eigenvalue weighted by Crippen LogP contribution is -2.47. The van der Waals surface area contributed by atoms with Gasteiger partial charge in [-0.25, -0.2) is 0 Å². The molecule has 2 aliphatic rings. The van der Waals surface area contributed by atoms with Crippen molar-refractivity contribution >= 4 is 18.3 Å². The van der Waals surface area contributed by atoms with Crippen molar-refractivity contribution in [2.45, 2.75) is 57.5 Å². The molecule has 0 radical (unpaired) electrons. The number of amides is 1. The van der Waals surface area contributed by atoms with Crippen LogP contribution in [0.3, 0.4) is 0 Å². The summed E-state index contributed by atoms with van der Waals surface area (Å²) in [6.07, 6.45) is 6.75. The van der Waals surface area contributed by atoms with Crippen LogP contribution in [0.5, 0.6) is 0 Å². The van der Waals surface area contributed by atoms with Gasteiger partial charge in [-0.05, 0) is 39.0 Å². The van der Waals surface area contributed by atoms with E-state index in [0.717, 1.165) is 38.6 Å². The minimum Gasteiger partial charge on any atom is -0.340 e. The summed E-state index contributed by atoms with van der Waals surface area (Å²) in [5.74, 6) is 0.442. The average Bonchev–Trinajstić information content (AvgIpc) is 2.64. The highest BCUT2D eigenvalue weighted by Crippen LogP contribution is 2.28. The number of carbonyl (C=O) groups is 1. The number of rotatable bonds is 1. The van der Waals surface area contributed by atoms with Crippen molar-refractivity contribution in [3.8, 4) is 0 Å². The van der Waals surface area contributed by atoms with Crippen LogP contribution in [0.1, 0.15) is 45.4 Å². The Morgan fingerprint density at radius 3 is 2.50 bits per heavy atom. The van der Waals surface area contributed by atoms with Crippen molar-refractivity contribution in [3.63, 3.8) is 0 Å². The number of hydrogen-bond donors (Lipinski definition) is 1. The maximum atomic E-state index is 12.3. The van der Waals surface area contributed by atoms with Gasteiger partial charge in [0.05, 0.1) is 5.92 Å². The molecule has 2 N–H and O–H groups in total. The molecule has 4 heteroatoms. The molecule has 3 nitrogen and oxygen atoms in total. The molecule has 2 rings (SSSR count). The van der Waals surface area contributed by atoms with E-state index in [1.807, 2.05) is 0 Å². The summed E-state index contributed by atoms with van der Waals surface area (Å²) in [7, 11) is 0. The molecule has 1 amide bonds. The summed E-state index contributed by atoms with van der Waals surface area (Å²) in [5, 5.41) is 0. The topological polar surface area (TPSA) is 46.3 Å². The molecule has 0 aromatic rings. The van der Waals surface area contributed by atoms with Gasteiger partial charge in [-0.3, -0.25) is 4.79 Å². The van der Waals surface area contributed by atoms with E-state index in [2.05, 4.69) is 11.8 Å². The first-order valence-electron chi connectivity index (χ1n) is 6.26.